The molecule has 1 saturated carbocycles. The van der Waals surface area contributed by atoms with Gasteiger partial charge in [0.15, 0.2) is 0 Å². The van der Waals surface area contributed by atoms with Gasteiger partial charge < -0.3 is 15.4 Å². The highest BCUT2D eigenvalue weighted by atomic mass is 16.6. The molecular formula is C19H34N2O2. The Morgan fingerprint density at radius 3 is 2.61 bits per heavy atom. The van der Waals surface area contributed by atoms with Crippen molar-refractivity contribution in [2.24, 2.45) is 11.8 Å². The summed E-state index contributed by atoms with van der Waals surface area (Å²) in [6, 6.07) is 0.532. The van der Waals surface area contributed by atoms with Gasteiger partial charge >= 0.3 is 6.09 Å². The fraction of sp³-hybridized carbons (Fsp3) is 0.842. The quantitative estimate of drug-likeness (QED) is 0.752. The maximum absolute atomic E-state index is 11.9. The Kier molecular flexibility index (Phi) is 6.94. The van der Waals surface area contributed by atoms with E-state index in [4.69, 9.17) is 4.74 Å². The van der Waals surface area contributed by atoms with E-state index in [0.717, 1.165) is 19.0 Å². The third-order valence-corrected chi connectivity index (χ3v) is 4.86. The summed E-state index contributed by atoms with van der Waals surface area (Å²) in [7, 11) is 0. The Morgan fingerprint density at radius 1 is 1.13 bits per heavy atom. The number of carbonyl (C=O) groups excluding carboxylic acids is 1. The predicted octanol–water partition coefficient (Wildman–Crippen LogP) is 4.02. The van der Waals surface area contributed by atoms with Crippen LogP contribution in [0.2, 0.25) is 0 Å². The lowest BCUT2D eigenvalue weighted by Crippen LogP contribution is -2.46. The van der Waals surface area contributed by atoms with E-state index in [1.165, 1.54) is 44.9 Å². The van der Waals surface area contributed by atoms with Crippen LogP contribution in [0.15, 0.2) is 12.2 Å². The Morgan fingerprint density at radius 2 is 1.91 bits per heavy atom. The minimum Gasteiger partial charge on any atom is -0.444 e. The SMILES string of the molecule is CC(C)(C)OC(=O)NCC1CCCCC1NCC1CC=CCC1. The second-order valence-electron chi connectivity index (χ2n) is 8.09. The van der Waals surface area contributed by atoms with Gasteiger partial charge in [-0.25, -0.2) is 4.79 Å². The van der Waals surface area contributed by atoms with Crippen LogP contribution in [0, 0.1) is 11.8 Å². The first-order chi connectivity index (χ1) is 10.9. The van der Waals surface area contributed by atoms with E-state index in [-0.39, 0.29) is 6.09 Å². The average Bonchev–Trinajstić information content (AvgIpc) is 2.51. The Hall–Kier alpha value is -1.03. The number of carbonyl (C=O) groups is 1. The van der Waals surface area contributed by atoms with Gasteiger partial charge in [-0.1, -0.05) is 25.0 Å². The van der Waals surface area contributed by atoms with Gasteiger partial charge in [0.2, 0.25) is 0 Å². The number of alkyl carbamates (subject to hydrolysis) is 1. The van der Waals surface area contributed by atoms with E-state index in [2.05, 4.69) is 22.8 Å². The third kappa shape index (κ3) is 6.94. The summed E-state index contributed by atoms with van der Waals surface area (Å²) in [4.78, 5) is 11.9. The van der Waals surface area contributed by atoms with Crippen LogP contribution >= 0.6 is 0 Å². The van der Waals surface area contributed by atoms with Gasteiger partial charge in [0, 0.05) is 12.6 Å². The summed E-state index contributed by atoms with van der Waals surface area (Å²) in [6.45, 7) is 7.53. The molecule has 23 heavy (non-hydrogen) atoms. The molecule has 0 aromatic carbocycles. The summed E-state index contributed by atoms with van der Waals surface area (Å²) < 4.78 is 5.34. The maximum atomic E-state index is 11.9. The van der Waals surface area contributed by atoms with E-state index in [1.807, 2.05) is 20.8 Å². The Balaban J connectivity index is 1.74. The van der Waals surface area contributed by atoms with Crippen LogP contribution in [0.25, 0.3) is 0 Å². The lowest BCUT2D eigenvalue weighted by Gasteiger charge is -2.34. The average molecular weight is 322 g/mol. The number of ether oxygens (including phenoxy) is 1. The zero-order valence-corrected chi connectivity index (χ0v) is 15.1. The van der Waals surface area contributed by atoms with E-state index in [0.29, 0.717) is 12.0 Å². The van der Waals surface area contributed by atoms with Crippen LogP contribution in [0.1, 0.15) is 65.7 Å². The summed E-state index contributed by atoms with van der Waals surface area (Å²) in [6.07, 6.45) is 13.0. The van der Waals surface area contributed by atoms with Crippen molar-refractivity contribution >= 4 is 6.09 Å². The molecule has 0 bridgehead atoms. The second kappa shape index (κ2) is 8.72. The number of allylic oxidation sites excluding steroid dienone is 2. The minimum absolute atomic E-state index is 0.292. The first-order valence-electron chi connectivity index (χ1n) is 9.29. The predicted molar refractivity (Wildman–Crippen MR) is 94.5 cm³/mol. The molecule has 1 fully saturated rings. The molecule has 4 heteroatoms. The normalized spacial score (nSPS) is 28.4. The fourth-order valence-electron chi connectivity index (χ4n) is 3.61. The van der Waals surface area contributed by atoms with Crippen LogP contribution in [0.4, 0.5) is 4.79 Å². The molecule has 2 N–H and O–H groups in total. The lowest BCUT2D eigenvalue weighted by atomic mass is 9.83. The number of hydrogen-bond donors (Lipinski definition) is 2. The molecule has 1 amide bonds. The second-order valence-corrected chi connectivity index (χ2v) is 8.09. The van der Waals surface area contributed by atoms with Crippen molar-refractivity contribution in [1.82, 2.24) is 10.6 Å². The highest BCUT2D eigenvalue weighted by Gasteiger charge is 2.26. The highest BCUT2D eigenvalue weighted by Crippen LogP contribution is 2.25. The van der Waals surface area contributed by atoms with Gasteiger partial charge in [0.25, 0.3) is 0 Å². The van der Waals surface area contributed by atoms with E-state index in [9.17, 15) is 4.79 Å². The van der Waals surface area contributed by atoms with Crippen molar-refractivity contribution < 1.29 is 9.53 Å². The largest absolute Gasteiger partial charge is 0.444 e. The number of hydrogen-bond acceptors (Lipinski definition) is 3. The monoisotopic (exact) mass is 322 g/mol. The fourth-order valence-corrected chi connectivity index (χ4v) is 3.61. The first-order valence-corrected chi connectivity index (χ1v) is 9.29. The summed E-state index contributed by atoms with van der Waals surface area (Å²) in [5.41, 5.74) is -0.428. The van der Waals surface area contributed by atoms with Crippen molar-refractivity contribution in [3.63, 3.8) is 0 Å². The zero-order valence-electron chi connectivity index (χ0n) is 15.1. The van der Waals surface area contributed by atoms with Gasteiger partial charge in [0.1, 0.15) is 5.60 Å². The van der Waals surface area contributed by atoms with Crippen LogP contribution in [0.5, 0.6) is 0 Å². The molecule has 0 radical (unpaired) electrons. The molecule has 0 aliphatic heterocycles. The van der Waals surface area contributed by atoms with E-state index in [1.54, 1.807) is 0 Å². The first kappa shape index (κ1) is 18.3. The molecule has 3 atom stereocenters. The molecule has 0 aromatic rings. The summed E-state index contributed by atoms with van der Waals surface area (Å²) in [5.74, 6) is 1.30. The summed E-state index contributed by atoms with van der Waals surface area (Å²) >= 11 is 0. The molecule has 0 saturated heterocycles. The molecule has 4 nitrogen and oxygen atoms in total. The lowest BCUT2D eigenvalue weighted by molar-refractivity contribution is 0.0510. The van der Waals surface area contributed by atoms with Gasteiger partial charge in [-0.05, 0) is 71.3 Å². The van der Waals surface area contributed by atoms with Crippen molar-refractivity contribution in [3.8, 4) is 0 Å². The topological polar surface area (TPSA) is 50.4 Å². The molecule has 2 aliphatic carbocycles. The molecule has 2 rings (SSSR count). The van der Waals surface area contributed by atoms with Crippen LogP contribution in [0.3, 0.4) is 0 Å². The Bertz CT molecular complexity index is 401. The minimum atomic E-state index is -0.428. The van der Waals surface area contributed by atoms with E-state index < -0.39 is 5.60 Å². The number of nitrogens with one attached hydrogen (secondary N) is 2. The van der Waals surface area contributed by atoms with Crippen LogP contribution in [-0.2, 0) is 4.74 Å². The molecule has 2 aliphatic rings. The van der Waals surface area contributed by atoms with Gasteiger partial charge in [-0.15, -0.1) is 0 Å². The van der Waals surface area contributed by atoms with Crippen molar-refractivity contribution in [3.05, 3.63) is 12.2 Å². The van der Waals surface area contributed by atoms with Crippen LogP contribution in [-0.4, -0.2) is 30.8 Å². The molecule has 0 spiro atoms. The van der Waals surface area contributed by atoms with Crippen LogP contribution < -0.4 is 10.6 Å². The van der Waals surface area contributed by atoms with E-state index >= 15 is 0 Å². The zero-order chi connectivity index (χ0) is 16.7. The maximum Gasteiger partial charge on any atom is 0.407 e. The standard InChI is InChI=1S/C19H34N2O2/c1-19(2,3)23-18(22)21-14-16-11-7-8-12-17(16)20-13-15-9-5-4-6-10-15/h4-5,15-17,20H,6-14H2,1-3H3,(H,21,22). The number of rotatable bonds is 5. The van der Waals surface area contributed by atoms with Gasteiger partial charge in [-0.2, -0.15) is 0 Å². The molecule has 0 aromatic heterocycles. The van der Waals surface area contributed by atoms with Crippen molar-refractivity contribution in [1.29, 1.82) is 0 Å². The smallest absolute Gasteiger partial charge is 0.407 e. The molecule has 0 heterocycles. The number of amides is 1. The molecule has 3 unspecified atom stereocenters. The highest BCUT2D eigenvalue weighted by molar-refractivity contribution is 5.67. The van der Waals surface area contributed by atoms with Gasteiger partial charge in [-0.3, -0.25) is 0 Å². The van der Waals surface area contributed by atoms with Crippen molar-refractivity contribution in [2.45, 2.75) is 77.4 Å². The third-order valence-electron chi connectivity index (χ3n) is 4.86. The van der Waals surface area contributed by atoms with Gasteiger partial charge in [0.05, 0.1) is 0 Å². The molecular weight excluding hydrogens is 288 g/mol. The Labute approximate surface area is 141 Å². The molecule has 132 valence electrons. The van der Waals surface area contributed by atoms with Crippen molar-refractivity contribution in [2.75, 3.05) is 13.1 Å². The summed E-state index contributed by atoms with van der Waals surface area (Å²) in [5, 5.41) is 6.75.